The molecule has 112 valence electrons. The maximum Gasteiger partial charge on any atom is 0.339 e. The lowest BCUT2D eigenvalue weighted by Gasteiger charge is -2.13. The van der Waals surface area contributed by atoms with Crippen LogP contribution >= 0.6 is 0 Å². The zero-order valence-corrected chi connectivity index (χ0v) is 12.1. The van der Waals surface area contributed by atoms with Gasteiger partial charge in [-0.2, -0.15) is 0 Å². The SMILES string of the molecule is CCCCCCc1c(C(=O)O)c(O)cc2ccc(O)cc12. The average molecular weight is 288 g/mol. The van der Waals surface area contributed by atoms with Gasteiger partial charge in [-0.1, -0.05) is 32.3 Å². The first-order chi connectivity index (χ1) is 10.0. The van der Waals surface area contributed by atoms with Gasteiger partial charge in [0.25, 0.3) is 0 Å². The molecule has 0 bridgehead atoms. The van der Waals surface area contributed by atoms with Crippen LogP contribution in [0.5, 0.6) is 11.5 Å². The molecule has 0 saturated heterocycles. The number of aromatic hydroxyl groups is 2. The summed E-state index contributed by atoms with van der Waals surface area (Å²) in [5.74, 6) is -1.26. The zero-order chi connectivity index (χ0) is 15.4. The minimum Gasteiger partial charge on any atom is -0.508 e. The number of hydrogen-bond donors (Lipinski definition) is 3. The summed E-state index contributed by atoms with van der Waals surface area (Å²) < 4.78 is 0. The Balaban J connectivity index is 2.52. The lowest BCUT2D eigenvalue weighted by molar-refractivity contribution is 0.0692. The molecule has 0 unspecified atom stereocenters. The number of rotatable bonds is 6. The largest absolute Gasteiger partial charge is 0.508 e. The van der Waals surface area contributed by atoms with E-state index >= 15 is 0 Å². The van der Waals surface area contributed by atoms with E-state index in [1.807, 2.05) is 0 Å². The highest BCUT2D eigenvalue weighted by molar-refractivity contribution is 6.01. The van der Waals surface area contributed by atoms with E-state index in [1.54, 1.807) is 12.1 Å². The molecule has 3 N–H and O–H groups in total. The highest BCUT2D eigenvalue weighted by Gasteiger charge is 2.19. The zero-order valence-electron chi connectivity index (χ0n) is 12.1. The van der Waals surface area contributed by atoms with Crippen molar-refractivity contribution in [3.05, 3.63) is 35.4 Å². The van der Waals surface area contributed by atoms with E-state index in [-0.39, 0.29) is 17.1 Å². The third kappa shape index (κ3) is 3.27. The molecule has 0 aliphatic heterocycles. The van der Waals surface area contributed by atoms with Crippen LogP contribution in [0, 0.1) is 0 Å². The van der Waals surface area contributed by atoms with Gasteiger partial charge in [-0.05, 0) is 47.4 Å². The van der Waals surface area contributed by atoms with E-state index < -0.39 is 5.97 Å². The van der Waals surface area contributed by atoms with E-state index in [0.717, 1.165) is 31.1 Å². The van der Waals surface area contributed by atoms with Crippen LogP contribution in [0.15, 0.2) is 24.3 Å². The van der Waals surface area contributed by atoms with Crippen molar-refractivity contribution in [3.63, 3.8) is 0 Å². The number of carbonyl (C=O) groups is 1. The number of aryl methyl sites for hydroxylation is 1. The Kier molecular flexibility index (Phi) is 4.68. The van der Waals surface area contributed by atoms with Gasteiger partial charge in [0.1, 0.15) is 17.1 Å². The van der Waals surface area contributed by atoms with Crippen molar-refractivity contribution in [3.8, 4) is 11.5 Å². The molecule has 0 aromatic heterocycles. The van der Waals surface area contributed by atoms with Gasteiger partial charge >= 0.3 is 5.97 Å². The number of carboxylic acids is 1. The summed E-state index contributed by atoms with van der Waals surface area (Å²) in [6.45, 7) is 2.12. The van der Waals surface area contributed by atoms with Crippen LogP contribution in [-0.2, 0) is 6.42 Å². The normalized spacial score (nSPS) is 10.9. The van der Waals surface area contributed by atoms with Gasteiger partial charge in [-0.15, -0.1) is 0 Å². The van der Waals surface area contributed by atoms with Crippen LogP contribution in [0.4, 0.5) is 0 Å². The Labute approximate surface area is 123 Å². The van der Waals surface area contributed by atoms with Crippen LogP contribution in [0.25, 0.3) is 10.8 Å². The molecule has 21 heavy (non-hydrogen) atoms. The topological polar surface area (TPSA) is 77.8 Å². The number of phenols is 2. The molecule has 2 rings (SSSR count). The predicted molar refractivity (Wildman–Crippen MR) is 82.1 cm³/mol. The van der Waals surface area contributed by atoms with Gasteiger partial charge in [-0.3, -0.25) is 0 Å². The van der Waals surface area contributed by atoms with Gasteiger partial charge in [0, 0.05) is 0 Å². The summed E-state index contributed by atoms with van der Waals surface area (Å²) in [5.41, 5.74) is 0.550. The fraction of sp³-hybridized carbons (Fsp3) is 0.353. The number of carboxylic acid groups (broad SMARTS) is 1. The quantitative estimate of drug-likeness (QED) is 0.700. The second-order valence-electron chi connectivity index (χ2n) is 5.27. The Bertz CT molecular complexity index is 661. The molecule has 0 spiro atoms. The number of phenolic OH excluding ortho intramolecular Hbond substituents is 1. The summed E-state index contributed by atoms with van der Waals surface area (Å²) >= 11 is 0. The van der Waals surface area contributed by atoms with Crippen LogP contribution < -0.4 is 0 Å². The van der Waals surface area contributed by atoms with E-state index in [0.29, 0.717) is 17.4 Å². The highest BCUT2D eigenvalue weighted by Crippen LogP contribution is 2.33. The molecule has 0 radical (unpaired) electrons. The Morgan fingerprint density at radius 3 is 2.52 bits per heavy atom. The van der Waals surface area contributed by atoms with Crippen LogP contribution in [-0.4, -0.2) is 21.3 Å². The van der Waals surface area contributed by atoms with Crippen molar-refractivity contribution in [2.24, 2.45) is 0 Å². The number of hydrogen-bond acceptors (Lipinski definition) is 3. The van der Waals surface area contributed by atoms with Crippen molar-refractivity contribution >= 4 is 16.7 Å². The van der Waals surface area contributed by atoms with Gasteiger partial charge in [0.2, 0.25) is 0 Å². The molecule has 0 fully saturated rings. The minimum absolute atomic E-state index is 0.0513. The van der Waals surface area contributed by atoms with Crippen molar-refractivity contribution < 1.29 is 20.1 Å². The summed E-state index contributed by atoms with van der Waals surface area (Å²) in [4.78, 5) is 11.4. The minimum atomic E-state index is -1.14. The number of benzene rings is 2. The van der Waals surface area contributed by atoms with Gasteiger partial charge in [0.05, 0.1) is 0 Å². The van der Waals surface area contributed by atoms with Crippen molar-refractivity contribution in [2.75, 3.05) is 0 Å². The molecule has 0 aliphatic carbocycles. The summed E-state index contributed by atoms with van der Waals surface area (Å²) in [5, 5.41) is 30.4. The van der Waals surface area contributed by atoms with E-state index in [2.05, 4.69) is 6.92 Å². The van der Waals surface area contributed by atoms with Gasteiger partial charge in [0.15, 0.2) is 0 Å². The molecule has 4 nitrogen and oxygen atoms in total. The monoisotopic (exact) mass is 288 g/mol. The molecule has 0 atom stereocenters. The molecule has 2 aromatic carbocycles. The van der Waals surface area contributed by atoms with Gasteiger partial charge in [-0.25, -0.2) is 4.79 Å². The number of aromatic carboxylic acids is 1. The van der Waals surface area contributed by atoms with Crippen LogP contribution in [0.2, 0.25) is 0 Å². The molecule has 0 heterocycles. The smallest absolute Gasteiger partial charge is 0.339 e. The third-order valence-electron chi connectivity index (χ3n) is 3.71. The molecular formula is C17H20O4. The Hall–Kier alpha value is -2.23. The molecule has 2 aromatic rings. The summed E-state index contributed by atoms with van der Waals surface area (Å²) in [6, 6.07) is 6.22. The first kappa shape index (κ1) is 15.2. The van der Waals surface area contributed by atoms with Crippen molar-refractivity contribution in [2.45, 2.75) is 39.0 Å². The maximum absolute atomic E-state index is 11.4. The Morgan fingerprint density at radius 2 is 1.86 bits per heavy atom. The van der Waals surface area contributed by atoms with Crippen LogP contribution in [0.1, 0.15) is 48.5 Å². The fourth-order valence-electron chi connectivity index (χ4n) is 2.67. The lowest BCUT2D eigenvalue weighted by Crippen LogP contribution is -2.04. The molecule has 4 heteroatoms. The third-order valence-corrected chi connectivity index (χ3v) is 3.71. The molecule has 0 amide bonds. The van der Waals surface area contributed by atoms with Crippen molar-refractivity contribution in [1.82, 2.24) is 0 Å². The second kappa shape index (κ2) is 6.48. The van der Waals surface area contributed by atoms with E-state index in [4.69, 9.17) is 0 Å². The predicted octanol–water partition coefficient (Wildman–Crippen LogP) is 4.07. The van der Waals surface area contributed by atoms with Gasteiger partial charge < -0.3 is 15.3 Å². The fourth-order valence-corrected chi connectivity index (χ4v) is 2.67. The first-order valence-corrected chi connectivity index (χ1v) is 7.25. The van der Waals surface area contributed by atoms with E-state index in [1.165, 1.54) is 12.1 Å². The number of fused-ring (bicyclic) bond motifs is 1. The van der Waals surface area contributed by atoms with Crippen LogP contribution in [0.3, 0.4) is 0 Å². The Morgan fingerprint density at radius 1 is 1.10 bits per heavy atom. The van der Waals surface area contributed by atoms with Crippen molar-refractivity contribution in [1.29, 1.82) is 0 Å². The highest BCUT2D eigenvalue weighted by atomic mass is 16.4. The average Bonchev–Trinajstić information content (AvgIpc) is 2.43. The molecule has 0 aliphatic rings. The maximum atomic E-state index is 11.4. The lowest BCUT2D eigenvalue weighted by atomic mass is 9.93. The standard InChI is InChI=1S/C17H20O4/c1-2-3-4-5-6-13-14-10-12(18)8-7-11(14)9-15(19)16(13)17(20)21/h7-10,18-19H,2-6H2,1H3,(H,20,21). The molecule has 0 saturated carbocycles. The second-order valence-corrected chi connectivity index (χ2v) is 5.27. The first-order valence-electron chi connectivity index (χ1n) is 7.25. The molecular weight excluding hydrogens is 268 g/mol. The van der Waals surface area contributed by atoms with E-state index in [9.17, 15) is 20.1 Å². The summed E-state index contributed by atoms with van der Waals surface area (Å²) in [6.07, 6.45) is 4.67. The number of unbranched alkanes of at least 4 members (excludes halogenated alkanes) is 3. The summed E-state index contributed by atoms with van der Waals surface area (Å²) in [7, 11) is 0.